The Labute approximate surface area is 138 Å². The predicted octanol–water partition coefficient (Wildman–Crippen LogP) is 0.0686. The lowest BCUT2D eigenvalue weighted by Gasteiger charge is -2.27. The highest BCUT2D eigenvalue weighted by Crippen LogP contribution is 2.09. The second-order valence-electron chi connectivity index (χ2n) is 5.08. The molecular weight excluding hydrogens is 320 g/mol. The van der Waals surface area contributed by atoms with E-state index in [1.54, 1.807) is 0 Å². The average Bonchev–Trinajstić information content (AvgIpc) is 2.57. The number of hydroxylamine groups is 1. The second-order valence-corrected chi connectivity index (χ2v) is 5.08. The normalized spacial score (nSPS) is 19.7. The molecule has 0 spiro atoms. The number of hydrogen-bond donors (Lipinski definition) is 5. The predicted molar refractivity (Wildman–Crippen MR) is 82.1 cm³/mol. The number of carboxylic acids is 3. The van der Waals surface area contributed by atoms with E-state index in [-0.39, 0.29) is 6.04 Å². The van der Waals surface area contributed by atoms with Gasteiger partial charge in [0.05, 0.1) is 6.61 Å². The summed E-state index contributed by atoms with van der Waals surface area (Å²) >= 11 is 0. The van der Waals surface area contributed by atoms with Gasteiger partial charge in [-0.15, -0.1) is 0 Å². The van der Waals surface area contributed by atoms with Gasteiger partial charge in [-0.25, -0.2) is 9.59 Å². The highest BCUT2D eigenvalue weighted by molar-refractivity contribution is 6.27. The summed E-state index contributed by atoms with van der Waals surface area (Å²) in [6, 6.07) is 9.66. The quantitative estimate of drug-likeness (QED) is 0.371. The van der Waals surface area contributed by atoms with Crippen molar-refractivity contribution in [2.75, 3.05) is 6.54 Å². The van der Waals surface area contributed by atoms with Gasteiger partial charge in [0.2, 0.25) is 0 Å². The molecule has 1 heterocycles. The maximum Gasteiger partial charge on any atom is 0.414 e. The standard InChI is InChI=1S/C13H18N2O3.C2H2O4/c16-13(17)12-7-6-11(8-14-12)15-18-9-10-4-2-1-3-5-10;3-1(4)2(5)6/h1-5,11-12,14-15H,6-9H2,(H,16,17);(H,3,4)(H,5,6). The van der Waals surface area contributed by atoms with Crippen molar-refractivity contribution in [3.05, 3.63) is 35.9 Å². The monoisotopic (exact) mass is 340 g/mol. The van der Waals surface area contributed by atoms with Gasteiger partial charge in [0.1, 0.15) is 6.04 Å². The Morgan fingerprint density at radius 2 is 1.71 bits per heavy atom. The van der Waals surface area contributed by atoms with Crippen molar-refractivity contribution in [2.24, 2.45) is 0 Å². The van der Waals surface area contributed by atoms with Gasteiger partial charge in [0.15, 0.2) is 0 Å². The van der Waals surface area contributed by atoms with E-state index in [0.717, 1.165) is 12.0 Å². The molecule has 1 aromatic carbocycles. The molecule has 1 fully saturated rings. The molecule has 132 valence electrons. The molecule has 1 saturated heterocycles. The molecule has 0 radical (unpaired) electrons. The van der Waals surface area contributed by atoms with Crippen LogP contribution in [0.25, 0.3) is 0 Å². The van der Waals surface area contributed by atoms with Crippen molar-refractivity contribution >= 4 is 17.9 Å². The molecule has 24 heavy (non-hydrogen) atoms. The topological polar surface area (TPSA) is 145 Å². The van der Waals surface area contributed by atoms with Crippen molar-refractivity contribution < 1.29 is 34.5 Å². The number of aliphatic carboxylic acids is 3. The van der Waals surface area contributed by atoms with Crippen molar-refractivity contribution in [3.63, 3.8) is 0 Å². The summed E-state index contributed by atoms with van der Waals surface area (Å²) in [5, 5.41) is 26.6. The third kappa shape index (κ3) is 7.68. The average molecular weight is 340 g/mol. The fourth-order valence-electron chi connectivity index (χ4n) is 1.98. The number of piperidine rings is 1. The summed E-state index contributed by atoms with van der Waals surface area (Å²) in [4.78, 5) is 34.4. The highest BCUT2D eigenvalue weighted by atomic mass is 16.6. The Kier molecular flexibility index (Phi) is 8.41. The van der Waals surface area contributed by atoms with Crippen LogP contribution in [0.2, 0.25) is 0 Å². The van der Waals surface area contributed by atoms with Gasteiger partial charge in [0, 0.05) is 12.6 Å². The summed E-state index contributed by atoms with van der Waals surface area (Å²) in [6.45, 7) is 1.13. The lowest BCUT2D eigenvalue weighted by Crippen LogP contribution is -2.50. The minimum atomic E-state index is -1.82. The minimum Gasteiger partial charge on any atom is -0.480 e. The third-order valence-corrected chi connectivity index (χ3v) is 3.23. The number of rotatable bonds is 5. The molecule has 0 bridgehead atoms. The fourth-order valence-corrected chi connectivity index (χ4v) is 1.98. The summed E-state index contributed by atoms with van der Waals surface area (Å²) in [5.41, 5.74) is 4.08. The first-order chi connectivity index (χ1) is 11.4. The second kappa shape index (κ2) is 10.3. The molecule has 2 unspecified atom stereocenters. The van der Waals surface area contributed by atoms with Crippen LogP contribution in [0, 0.1) is 0 Å². The van der Waals surface area contributed by atoms with E-state index < -0.39 is 23.9 Å². The molecule has 5 N–H and O–H groups in total. The first-order valence-electron chi connectivity index (χ1n) is 7.23. The van der Waals surface area contributed by atoms with E-state index in [1.165, 1.54) is 0 Å². The highest BCUT2D eigenvalue weighted by Gasteiger charge is 2.25. The fraction of sp³-hybridized carbons (Fsp3) is 0.400. The first-order valence-corrected chi connectivity index (χ1v) is 7.23. The van der Waals surface area contributed by atoms with Crippen molar-refractivity contribution in [1.29, 1.82) is 0 Å². The Balaban J connectivity index is 0.000000413. The first kappa shape index (κ1) is 19.6. The molecule has 0 aliphatic carbocycles. The zero-order chi connectivity index (χ0) is 17.9. The molecule has 9 nitrogen and oxygen atoms in total. The van der Waals surface area contributed by atoms with Crippen LogP contribution in [0.5, 0.6) is 0 Å². The smallest absolute Gasteiger partial charge is 0.414 e. The van der Waals surface area contributed by atoms with Crippen molar-refractivity contribution in [2.45, 2.75) is 31.5 Å². The van der Waals surface area contributed by atoms with Crippen LogP contribution in [-0.4, -0.2) is 51.9 Å². The number of carbonyl (C=O) groups is 3. The summed E-state index contributed by atoms with van der Waals surface area (Å²) in [6.07, 6.45) is 1.43. The Morgan fingerprint density at radius 1 is 1.08 bits per heavy atom. The Morgan fingerprint density at radius 3 is 2.17 bits per heavy atom. The molecule has 0 amide bonds. The maximum atomic E-state index is 10.7. The Bertz CT molecular complexity index is 530. The van der Waals surface area contributed by atoms with Crippen LogP contribution in [0.1, 0.15) is 18.4 Å². The molecule has 2 rings (SSSR count). The zero-order valence-electron chi connectivity index (χ0n) is 12.8. The molecule has 0 saturated carbocycles. The van der Waals surface area contributed by atoms with Gasteiger partial charge in [-0.05, 0) is 18.4 Å². The van der Waals surface area contributed by atoms with Gasteiger partial charge < -0.3 is 20.6 Å². The van der Waals surface area contributed by atoms with E-state index in [2.05, 4.69) is 10.8 Å². The molecule has 1 aliphatic heterocycles. The largest absolute Gasteiger partial charge is 0.480 e. The van der Waals surface area contributed by atoms with Gasteiger partial charge in [-0.3, -0.25) is 9.63 Å². The van der Waals surface area contributed by atoms with E-state index in [1.807, 2.05) is 30.3 Å². The lowest BCUT2D eigenvalue weighted by molar-refractivity contribution is -0.159. The van der Waals surface area contributed by atoms with Gasteiger partial charge in [-0.2, -0.15) is 5.48 Å². The molecule has 2 atom stereocenters. The van der Waals surface area contributed by atoms with Crippen molar-refractivity contribution in [1.82, 2.24) is 10.8 Å². The molecular formula is C15H20N2O7. The van der Waals surface area contributed by atoms with Crippen LogP contribution in [0.15, 0.2) is 30.3 Å². The van der Waals surface area contributed by atoms with Crippen LogP contribution < -0.4 is 10.8 Å². The number of benzene rings is 1. The summed E-state index contributed by atoms with van der Waals surface area (Å²) in [5.74, 6) is -4.43. The van der Waals surface area contributed by atoms with E-state index in [0.29, 0.717) is 19.6 Å². The zero-order valence-corrected chi connectivity index (χ0v) is 12.8. The van der Waals surface area contributed by atoms with Crippen LogP contribution >= 0.6 is 0 Å². The lowest BCUT2D eigenvalue weighted by atomic mass is 10.0. The SMILES string of the molecule is O=C(O)C(=O)O.O=C(O)C1CCC(NOCc2ccccc2)CN1. The number of hydrogen-bond acceptors (Lipinski definition) is 6. The molecule has 0 aromatic heterocycles. The van der Waals surface area contributed by atoms with E-state index in [4.69, 9.17) is 29.7 Å². The maximum absolute atomic E-state index is 10.7. The molecule has 9 heteroatoms. The van der Waals surface area contributed by atoms with Crippen LogP contribution in [-0.2, 0) is 25.8 Å². The number of nitrogens with one attached hydrogen (secondary N) is 2. The molecule has 1 aromatic rings. The van der Waals surface area contributed by atoms with E-state index >= 15 is 0 Å². The number of carboxylic acid groups (broad SMARTS) is 3. The summed E-state index contributed by atoms with van der Waals surface area (Å²) < 4.78 is 0. The van der Waals surface area contributed by atoms with Gasteiger partial charge in [0.25, 0.3) is 0 Å². The van der Waals surface area contributed by atoms with Gasteiger partial charge in [-0.1, -0.05) is 30.3 Å². The van der Waals surface area contributed by atoms with Crippen molar-refractivity contribution in [3.8, 4) is 0 Å². The molecule has 1 aliphatic rings. The summed E-state index contributed by atoms with van der Waals surface area (Å²) in [7, 11) is 0. The van der Waals surface area contributed by atoms with Gasteiger partial charge >= 0.3 is 17.9 Å². The van der Waals surface area contributed by atoms with Crippen LogP contribution in [0.3, 0.4) is 0 Å². The van der Waals surface area contributed by atoms with Crippen LogP contribution in [0.4, 0.5) is 0 Å². The van der Waals surface area contributed by atoms with E-state index in [9.17, 15) is 4.79 Å². The third-order valence-electron chi connectivity index (χ3n) is 3.23. The minimum absolute atomic E-state index is 0.171. The Hall–Kier alpha value is -2.49.